The molecule has 4 heteroatoms. The Hall–Kier alpha value is 1.61. The summed E-state index contributed by atoms with van der Waals surface area (Å²) >= 11 is 0. The van der Waals surface area contributed by atoms with Crippen LogP contribution in [0.3, 0.4) is 0 Å². The topological polar surface area (TPSA) is 63.0 Å². The van der Waals surface area contributed by atoms with Gasteiger partial charge in [-0.05, 0) is 0 Å². The molecule has 0 aromatic heterocycles. The molecule has 0 aromatic rings. The molecule has 0 radical (unpaired) electrons. The molecule has 0 saturated carbocycles. The standard InChI is InChI=1S/Mo.Na.2H2O.H/h;;2*1H2;. The molecule has 2 nitrogen and oxygen atoms in total. The van der Waals surface area contributed by atoms with Crippen molar-refractivity contribution in [3.05, 3.63) is 0 Å². The Morgan fingerprint density at radius 3 is 0.750 bits per heavy atom. The second-order valence-corrected chi connectivity index (χ2v) is 0. The third-order valence-electron chi connectivity index (χ3n) is 0. The Morgan fingerprint density at radius 1 is 0.750 bits per heavy atom. The Bertz CT molecular complexity index is 6.00. The van der Waals surface area contributed by atoms with Gasteiger partial charge >= 0.3 is 29.6 Å². The summed E-state index contributed by atoms with van der Waals surface area (Å²) in [4.78, 5) is 0. The van der Waals surface area contributed by atoms with Crippen molar-refractivity contribution in [2.24, 2.45) is 0 Å². The summed E-state index contributed by atoms with van der Waals surface area (Å²) in [7, 11) is 0. The first-order chi connectivity index (χ1) is 0. The van der Waals surface area contributed by atoms with Gasteiger partial charge in [0.25, 0.3) is 0 Å². The summed E-state index contributed by atoms with van der Waals surface area (Å²) in [5.41, 5.74) is 0. The van der Waals surface area contributed by atoms with Crippen LogP contribution in [0.25, 0.3) is 0 Å². The molecule has 0 bridgehead atoms. The first-order valence-electron chi connectivity index (χ1n) is 0. The van der Waals surface area contributed by atoms with E-state index >= 15 is 0 Å². The van der Waals surface area contributed by atoms with Crippen LogP contribution in [-0.2, 0) is 21.1 Å². The summed E-state index contributed by atoms with van der Waals surface area (Å²) in [6.07, 6.45) is 0. The van der Waals surface area contributed by atoms with E-state index in [1.165, 1.54) is 0 Å². The predicted octanol–water partition coefficient (Wildman–Crippen LogP) is -2.30. The first-order valence-corrected chi connectivity index (χ1v) is 0. The summed E-state index contributed by atoms with van der Waals surface area (Å²) in [6, 6.07) is 0. The van der Waals surface area contributed by atoms with Gasteiger partial charge in [-0.2, -0.15) is 0 Å². The average molecular weight is 156 g/mol. The predicted molar refractivity (Wildman–Crippen MR) is 14.4 cm³/mol. The van der Waals surface area contributed by atoms with Gasteiger partial charge in [-0.15, -0.1) is 0 Å². The zero-order chi connectivity index (χ0) is 0. The van der Waals surface area contributed by atoms with Gasteiger partial charge in [0.05, 0.1) is 0 Å². The van der Waals surface area contributed by atoms with E-state index in [1.54, 1.807) is 0 Å². The average Bonchev–Trinajstić information content (AvgIpc) is 0. The van der Waals surface area contributed by atoms with Crippen LogP contribution < -0.4 is 0 Å². The Kier molecular flexibility index (Phi) is 267. The molecule has 0 fully saturated rings. The van der Waals surface area contributed by atoms with Crippen LogP contribution in [0.5, 0.6) is 0 Å². The van der Waals surface area contributed by atoms with Crippen molar-refractivity contribution in [1.29, 1.82) is 0 Å². The molecule has 0 amide bonds. The first kappa shape index (κ1) is 46.0. The second-order valence-electron chi connectivity index (χ2n) is 0. The van der Waals surface area contributed by atoms with Crippen molar-refractivity contribution in [3.63, 3.8) is 0 Å². The van der Waals surface area contributed by atoms with Gasteiger partial charge in [0.15, 0.2) is 0 Å². The van der Waals surface area contributed by atoms with Crippen LogP contribution >= 0.6 is 0 Å². The fourth-order valence-corrected chi connectivity index (χ4v) is 0. The molecule has 0 heterocycles. The number of hydrogen-bond acceptors (Lipinski definition) is 0. The SMILES string of the molecule is O.O.[Mo].[NaH]. The summed E-state index contributed by atoms with van der Waals surface area (Å²) < 4.78 is 0. The molecule has 4 heavy (non-hydrogen) atoms. The van der Waals surface area contributed by atoms with E-state index in [0.29, 0.717) is 0 Å². The Labute approximate surface area is 61.1 Å². The number of hydrogen-bond donors (Lipinski definition) is 0. The molecule has 0 unspecified atom stereocenters. The van der Waals surface area contributed by atoms with E-state index in [1.807, 2.05) is 0 Å². The van der Waals surface area contributed by atoms with Crippen molar-refractivity contribution in [3.8, 4) is 0 Å². The molecule has 4 N–H and O–H groups in total. The maximum absolute atomic E-state index is 0. The molecule has 0 saturated heterocycles. The summed E-state index contributed by atoms with van der Waals surface area (Å²) in [5, 5.41) is 0. The second kappa shape index (κ2) is 23.2. The fourth-order valence-electron chi connectivity index (χ4n) is 0. The maximum atomic E-state index is 0. The molecule has 0 aliphatic carbocycles. The van der Waals surface area contributed by atoms with Crippen molar-refractivity contribution >= 4 is 29.6 Å². The van der Waals surface area contributed by atoms with Crippen molar-refractivity contribution < 1.29 is 32.0 Å². The van der Waals surface area contributed by atoms with E-state index in [2.05, 4.69) is 0 Å². The zero-order valence-corrected chi connectivity index (χ0v) is 3.42. The normalized spacial score (nSPS) is 0. The van der Waals surface area contributed by atoms with Crippen LogP contribution in [0.15, 0.2) is 0 Å². The Balaban J connectivity index is 0. The summed E-state index contributed by atoms with van der Waals surface area (Å²) in [5.74, 6) is 0. The molecule has 24 valence electrons. The van der Waals surface area contributed by atoms with Gasteiger partial charge in [-0.1, -0.05) is 0 Å². The molecule has 0 rings (SSSR count). The molecular formula is H5MoNaO2. The van der Waals surface area contributed by atoms with Gasteiger partial charge in [-0.3, -0.25) is 0 Å². The minimum absolute atomic E-state index is 0. The Morgan fingerprint density at radius 2 is 0.750 bits per heavy atom. The van der Waals surface area contributed by atoms with Crippen molar-refractivity contribution in [1.82, 2.24) is 0 Å². The zero-order valence-electron chi connectivity index (χ0n) is 1.41. The fraction of sp³-hybridized carbons (Fsp3) is 0. The van der Waals surface area contributed by atoms with Crippen LogP contribution in [0, 0.1) is 0 Å². The molecule has 0 aliphatic heterocycles. The number of rotatable bonds is 0. The van der Waals surface area contributed by atoms with Crippen LogP contribution in [-0.4, -0.2) is 40.5 Å². The van der Waals surface area contributed by atoms with Gasteiger partial charge in [0.1, 0.15) is 0 Å². The molecule has 0 spiro atoms. The van der Waals surface area contributed by atoms with Gasteiger partial charge in [0, 0.05) is 21.1 Å². The molecule has 0 atom stereocenters. The van der Waals surface area contributed by atoms with Crippen LogP contribution in [0.2, 0.25) is 0 Å². The third kappa shape index (κ3) is 9.49. The van der Waals surface area contributed by atoms with E-state index < -0.39 is 0 Å². The molecule has 0 aromatic carbocycles. The van der Waals surface area contributed by atoms with Crippen LogP contribution in [0.4, 0.5) is 0 Å². The van der Waals surface area contributed by atoms with E-state index in [9.17, 15) is 0 Å². The van der Waals surface area contributed by atoms with Crippen molar-refractivity contribution in [2.45, 2.75) is 0 Å². The van der Waals surface area contributed by atoms with Crippen molar-refractivity contribution in [2.75, 3.05) is 0 Å². The van der Waals surface area contributed by atoms with E-state index in [0.717, 1.165) is 0 Å². The van der Waals surface area contributed by atoms with E-state index in [4.69, 9.17) is 0 Å². The molecule has 0 aliphatic rings. The van der Waals surface area contributed by atoms with E-state index in [-0.39, 0.29) is 61.6 Å². The third-order valence-corrected chi connectivity index (χ3v) is 0. The van der Waals surface area contributed by atoms with Gasteiger partial charge < -0.3 is 11.0 Å². The monoisotopic (exact) mass is 158 g/mol. The van der Waals surface area contributed by atoms with Gasteiger partial charge in [0.2, 0.25) is 0 Å². The minimum atomic E-state index is 0. The van der Waals surface area contributed by atoms with Crippen LogP contribution in [0.1, 0.15) is 0 Å². The summed E-state index contributed by atoms with van der Waals surface area (Å²) in [6.45, 7) is 0. The van der Waals surface area contributed by atoms with Gasteiger partial charge in [-0.25, -0.2) is 0 Å². The molecular weight excluding hydrogens is 151 g/mol. The quantitative estimate of drug-likeness (QED) is 0.354.